The van der Waals surface area contributed by atoms with E-state index >= 15 is 0 Å². The lowest BCUT2D eigenvalue weighted by Crippen LogP contribution is -1.91. The van der Waals surface area contributed by atoms with Gasteiger partial charge in [0.05, 0.1) is 0 Å². The number of hydrogen-bond acceptors (Lipinski definition) is 1. The minimum atomic E-state index is 1.22. The molecule has 1 nitrogen and oxygen atoms in total. The van der Waals surface area contributed by atoms with Crippen molar-refractivity contribution in [2.24, 2.45) is 0 Å². The summed E-state index contributed by atoms with van der Waals surface area (Å²) in [5, 5.41) is 3.29. The first kappa shape index (κ1) is 26.3. The van der Waals surface area contributed by atoms with Gasteiger partial charge >= 0.3 is 0 Å². The Kier molecular flexibility index (Phi) is 24.6. The summed E-state index contributed by atoms with van der Waals surface area (Å²) in [7, 11) is 0. The zero-order chi connectivity index (χ0) is 19.7. The third-order valence-corrected chi connectivity index (χ3v) is 5.38. The lowest BCUT2D eigenvalue weighted by atomic mass is 10.1. The molecule has 1 N–H and O–H groups in total. The monoisotopic (exact) mass is 377 g/mol. The van der Waals surface area contributed by atoms with Crippen molar-refractivity contribution in [1.29, 1.82) is 0 Å². The van der Waals surface area contributed by atoms with Gasteiger partial charge in [0.25, 0.3) is 0 Å². The summed E-state index contributed by atoms with van der Waals surface area (Å²) in [4.78, 5) is 0. The van der Waals surface area contributed by atoms with Crippen molar-refractivity contribution in [3.8, 4) is 0 Å². The van der Waals surface area contributed by atoms with Gasteiger partial charge in [-0.3, -0.25) is 0 Å². The maximum Gasteiger partial charge on any atom is -0.00358 e. The van der Waals surface area contributed by atoms with E-state index in [-0.39, 0.29) is 0 Å². The quantitative estimate of drug-likeness (QED) is 0.185. The van der Waals surface area contributed by atoms with Crippen molar-refractivity contribution in [2.75, 3.05) is 0 Å². The largest absolute Gasteiger partial charge is 0.368 e. The number of nitrogens with one attached hydrogen (secondary N) is 1. The molecule has 160 valence electrons. The third-order valence-electron chi connectivity index (χ3n) is 5.38. The van der Waals surface area contributed by atoms with Crippen molar-refractivity contribution in [3.05, 3.63) is 24.6 Å². The summed E-state index contributed by atoms with van der Waals surface area (Å²) in [6, 6.07) is 0. The SMILES string of the molecule is CCCCCCCCCCCC=CNC=CCCCCCCCCCCC. The maximum absolute atomic E-state index is 3.29. The maximum atomic E-state index is 3.29. The van der Waals surface area contributed by atoms with E-state index in [1.165, 1.54) is 128 Å². The molecule has 0 aliphatic carbocycles. The van der Waals surface area contributed by atoms with E-state index in [0.29, 0.717) is 0 Å². The molecule has 0 aromatic heterocycles. The summed E-state index contributed by atoms with van der Waals surface area (Å²) in [6.07, 6.45) is 36.6. The first-order valence-corrected chi connectivity index (χ1v) is 12.5. The van der Waals surface area contributed by atoms with Crippen molar-refractivity contribution >= 4 is 0 Å². The Hall–Kier alpha value is -0.720. The lowest BCUT2D eigenvalue weighted by Gasteiger charge is -2.01. The number of unbranched alkanes of at least 4 members (excludes halogenated alkanes) is 18. The van der Waals surface area contributed by atoms with Crippen LogP contribution in [0.1, 0.15) is 142 Å². The van der Waals surface area contributed by atoms with Gasteiger partial charge in [-0.05, 0) is 38.1 Å². The molecular weight excluding hydrogens is 326 g/mol. The van der Waals surface area contributed by atoms with Crippen LogP contribution in [0.25, 0.3) is 0 Å². The summed E-state index contributed by atoms with van der Waals surface area (Å²) in [5.41, 5.74) is 0. The number of allylic oxidation sites excluding steroid dienone is 2. The molecular formula is C26H51N. The van der Waals surface area contributed by atoms with Gasteiger partial charge in [0, 0.05) is 0 Å². The van der Waals surface area contributed by atoms with E-state index in [9.17, 15) is 0 Å². The highest BCUT2D eigenvalue weighted by Crippen LogP contribution is 2.11. The lowest BCUT2D eigenvalue weighted by molar-refractivity contribution is 0.566. The Morgan fingerprint density at radius 2 is 0.704 bits per heavy atom. The molecule has 0 rings (SSSR count). The summed E-state index contributed by atoms with van der Waals surface area (Å²) < 4.78 is 0. The highest BCUT2D eigenvalue weighted by atomic mass is 14.8. The fourth-order valence-corrected chi connectivity index (χ4v) is 3.50. The molecule has 0 unspecified atom stereocenters. The zero-order valence-electron chi connectivity index (χ0n) is 19.0. The van der Waals surface area contributed by atoms with Gasteiger partial charge in [0.1, 0.15) is 0 Å². The minimum Gasteiger partial charge on any atom is -0.368 e. The van der Waals surface area contributed by atoms with Gasteiger partial charge in [-0.15, -0.1) is 0 Å². The Morgan fingerprint density at radius 1 is 0.407 bits per heavy atom. The van der Waals surface area contributed by atoms with Gasteiger partial charge in [-0.1, -0.05) is 129 Å². The molecule has 0 radical (unpaired) electrons. The second-order valence-corrected chi connectivity index (χ2v) is 8.21. The summed E-state index contributed by atoms with van der Waals surface area (Å²) in [5.74, 6) is 0. The second kappa shape index (κ2) is 25.3. The van der Waals surface area contributed by atoms with Gasteiger partial charge < -0.3 is 5.32 Å². The van der Waals surface area contributed by atoms with Gasteiger partial charge in [-0.2, -0.15) is 0 Å². The van der Waals surface area contributed by atoms with Crippen molar-refractivity contribution in [3.63, 3.8) is 0 Å². The molecule has 0 aromatic carbocycles. The molecule has 27 heavy (non-hydrogen) atoms. The average molecular weight is 378 g/mol. The Morgan fingerprint density at radius 3 is 1.04 bits per heavy atom. The predicted molar refractivity (Wildman–Crippen MR) is 125 cm³/mol. The molecule has 1 heteroatoms. The highest BCUT2D eigenvalue weighted by molar-refractivity contribution is 4.88. The highest BCUT2D eigenvalue weighted by Gasteiger charge is 1.92. The van der Waals surface area contributed by atoms with Crippen molar-refractivity contribution in [1.82, 2.24) is 5.32 Å². The minimum absolute atomic E-state index is 1.22. The summed E-state index contributed by atoms with van der Waals surface area (Å²) >= 11 is 0. The van der Waals surface area contributed by atoms with E-state index in [4.69, 9.17) is 0 Å². The van der Waals surface area contributed by atoms with E-state index in [1.807, 2.05) is 0 Å². The van der Waals surface area contributed by atoms with Gasteiger partial charge in [0.2, 0.25) is 0 Å². The standard InChI is InChI=1S/C26H51N/c1-3-5-7-9-11-13-15-17-19-21-23-25-27-26-24-22-20-18-16-14-12-10-8-6-4-2/h23-27H,3-22H2,1-2H3. The first-order chi connectivity index (χ1) is 13.4. The van der Waals surface area contributed by atoms with Crippen LogP contribution in [-0.4, -0.2) is 0 Å². The number of rotatable bonds is 22. The van der Waals surface area contributed by atoms with Crippen LogP contribution >= 0.6 is 0 Å². The molecule has 0 atom stereocenters. The fraction of sp³-hybridized carbons (Fsp3) is 0.846. The Labute approximate surface area is 172 Å². The van der Waals surface area contributed by atoms with E-state index < -0.39 is 0 Å². The van der Waals surface area contributed by atoms with Crippen LogP contribution in [0.15, 0.2) is 24.6 Å². The Bertz CT molecular complexity index is 275. The van der Waals surface area contributed by atoms with Crippen molar-refractivity contribution in [2.45, 2.75) is 142 Å². The molecule has 0 aromatic rings. The average Bonchev–Trinajstić information content (AvgIpc) is 2.68. The molecule has 0 fully saturated rings. The van der Waals surface area contributed by atoms with Gasteiger partial charge in [-0.25, -0.2) is 0 Å². The topological polar surface area (TPSA) is 12.0 Å². The van der Waals surface area contributed by atoms with E-state index in [2.05, 4.69) is 43.7 Å². The Balaban J connectivity index is 3.14. The molecule has 0 heterocycles. The molecule has 0 aliphatic heterocycles. The molecule has 0 bridgehead atoms. The van der Waals surface area contributed by atoms with Gasteiger partial charge in [0.15, 0.2) is 0 Å². The van der Waals surface area contributed by atoms with E-state index in [1.54, 1.807) is 0 Å². The summed E-state index contributed by atoms with van der Waals surface area (Å²) in [6.45, 7) is 4.58. The molecule has 0 saturated heterocycles. The smallest absolute Gasteiger partial charge is 0.00358 e. The van der Waals surface area contributed by atoms with Crippen LogP contribution in [0.3, 0.4) is 0 Å². The fourth-order valence-electron chi connectivity index (χ4n) is 3.50. The predicted octanol–water partition coefficient (Wildman–Crippen LogP) is 9.45. The second-order valence-electron chi connectivity index (χ2n) is 8.21. The van der Waals surface area contributed by atoms with Crippen LogP contribution in [0, 0.1) is 0 Å². The van der Waals surface area contributed by atoms with Crippen LogP contribution < -0.4 is 5.32 Å². The van der Waals surface area contributed by atoms with Crippen LogP contribution in [-0.2, 0) is 0 Å². The molecule has 0 saturated carbocycles. The normalized spacial score (nSPS) is 11.8. The van der Waals surface area contributed by atoms with Crippen molar-refractivity contribution < 1.29 is 0 Å². The van der Waals surface area contributed by atoms with Crippen LogP contribution in [0.4, 0.5) is 0 Å². The third kappa shape index (κ3) is 25.3. The number of hydrogen-bond donors (Lipinski definition) is 1. The molecule has 0 amide bonds. The molecule has 0 spiro atoms. The van der Waals surface area contributed by atoms with Crippen LogP contribution in [0.2, 0.25) is 0 Å². The zero-order valence-corrected chi connectivity index (χ0v) is 19.0. The molecule has 0 aliphatic rings. The van der Waals surface area contributed by atoms with E-state index in [0.717, 1.165) is 0 Å². The van der Waals surface area contributed by atoms with Crippen LogP contribution in [0.5, 0.6) is 0 Å². The first-order valence-electron chi connectivity index (χ1n) is 12.5.